The van der Waals surface area contributed by atoms with Gasteiger partial charge in [0, 0.05) is 32.4 Å². The van der Waals surface area contributed by atoms with Gasteiger partial charge in [0.05, 0.1) is 11.6 Å². The number of rotatable bonds is 1. The number of carbonyl (C=O) groups excluding carboxylic acids is 1. The van der Waals surface area contributed by atoms with E-state index in [1.807, 2.05) is 24.4 Å². The molecule has 2 aliphatic heterocycles. The highest BCUT2D eigenvalue weighted by Crippen LogP contribution is 2.41. The molecule has 27 heavy (non-hydrogen) atoms. The summed E-state index contributed by atoms with van der Waals surface area (Å²) in [6.45, 7) is 5.45. The van der Waals surface area contributed by atoms with E-state index >= 15 is 0 Å². The summed E-state index contributed by atoms with van der Waals surface area (Å²) in [5.74, 6) is 1.41. The zero-order valence-corrected chi connectivity index (χ0v) is 15.8. The van der Waals surface area contributed by atoms with Crippen molar-refractivity contribution in [2.24, 2.45) is 16.8 Å². The standard InChI is InChI=1S/C20H26N6O/c1-15-5-7-20(8-6-15)16(14-21)18(27)23-19(24-20)26-12-10-25(11-13-26)17-4-2-3-9-22-17/h2-4,9,15-16H,5-8,10-13H2,1H3,(H,23,24,27)/t15?,16-,20?/m0/s1. The molecule has 7 nitrogen and oxygen atoms in total. The Kier molecular flexibility index (Phi) is 4.73. The van der Waals surface area contributed by atoms with Crippen LogP contribution in [0.15, 0.2) is 29.4 Å². The van der Waals surface area contributed by atoms with Crippen molar-refractivity contribution in [1.29, 1.82) is 5.26 Å². The van der Waals surface area contributed by atoms with Crippen LogP contribution in [0.25, 0.3) is 0 Å². The molecule has 1 N–H and O–H groups in total. The van der Waals surface area contributed by atoms with Gasteiger partial charge < -0.3 is 9.80 Å². The SMILES string of the molecule is CC1CCC2(CC1)N=C(N1CCN(c3ccccn3)CC1)NC(=O)[C@@H]2C#N. The van der Waals surface area contributed by atoms with Crippen molar-refractivity contribution in [1.82, 2.24) is 15.2 Å². The van der Waals surface area contributed by atoms with Crippen molar-refractivity contribution in [2.45, 2.75) is 38.1 Å². The van der Waals surface area contributed by atoms with Crippen LogP contribution in [0.3, 0.4) is 0 Å². The highest BCUT2D eigenvalue weighted by atomic mass is 16.2. The predicted molar refractivity (Wildman–Crippen MR) is 103 cm³/mol. The lowest BCUT2D eigenvalue weighted by molar-refractivity contribution is -0.125. The minimum absolute atomic E-state index is 0.191. The van der Waals surface area contributed by atoms with Crippen LogP contribution in [0, 0.1) is 23.2 Å². The van der Waals surface area contributed by atoms with Crippen molar-refractivity contribution in [2.75, 3.05) is 31.1 Å². The monoisotopic (exact) mass is 366 g/mol. The number of pyridine rings is 1. The Morgan fingerprint density at radius 2 is 1.89 bits per heavy atom. The maximum absolute atomic E-state index is 12.7. The third-order valence-electron chi connectivity index (χ3n) is 6.18. The molecule has 3 aliphatic rings. The molecule has 0 aromatic carbocycles. The molecular weight excluding hydrogens is 340 g/mol. The molecule has 0 radical (unpaired) electrons. The third-order valence-corrected chi connectivity index (χ3v) is 6.18. The number of piperazine rings is 1. The van der Waals surface area contributed by atoms with Crippen molar-refractivity contribution in [3.05, 3.63) is 24.4 Å². The molecule has 2 fully saturated rings. The second-order valence-electron chi connectivity index (χ2n) is 7.93. The van der Waals surface area contributed by atoms with Crippen molar-refractivity contribution in [3.63, 3.8) is 0 Å². The van der Waals surface area contributed by atoms with Gasteiger partial charge in [-0.25, -0.2) is 9.98 Å². The normalized spacial score (nSPS) is 31.3. The lowest BCUT2D eigenvalue weighted by Gasteiger charge is -2.44. The van der Waals surface area contributed by atoms with Gasteiger partial charge in [0.15, 0.2) is 5.92 Å². The van der Waals surface area contributed by atoms with Crippen LogP contribution in [0.1, 0.15) is 32.6 Å². The van der Waals surface area contributed by atoms with E-state index in [1.54, 1.807) is 0 Å². The maximum atomic E-state index is 12.7. The second kappa shape index (κ2) is 7.18. The van der Waals surface area contributed by atoms with E-state index in [9.17, 15) is 10.1 Å². The number of anilines is 1. The van der Waals surface area contributed by atoms with Gasteiger partial charge in [-0.3, -0.25) is 10.1 Å². The number of nitrogens with one attached hydrogen (secondary N) is 1. The van der Waals surface area contributed by atoms with Gasteiger partial charge in [0.1, 0.15) is 5.82 Å². The highest BCUT2D eigenvalue weighted by molar-refractivity contribution is 6.02. The molecule has 0 unspecified atom stereocenters. The van der Waals surface area contributed by atoms with Gasteiger partial charge in [-0.05, 0) is 43.7 Å². The summed E-state index contributed by atoms with van der Waals surface area (Å²) in [6, 6.07) is 8.16. The van der Waals surface area contributed by atoms with Crippen LogP contribution in [0.5, 0.6) is 0 Å². The average Bonchev–Trinajstić information content (AvgIpc) is 2.71. The average molecular weight is 366 g/mol. The Morgan fingerprint density at radius 3 is 2.52 bits per heavy atom. The van der Waals surface area contributed by atoms with Crippen molar-refractivity contribution in [3.8, 4) is 6.07 Å². The Balaban J connectivity index is 1.51. The Morgan fingerprint density at radius 1 is 1.19 bits per heavy atom. The molecule has 1 spiro atoms. The first-order valence-electron chi connectivity index (χ1n) is 9.82. The number of carbonyl (C=O) groups is 1. The highest BCUT2D eigenvalue weighted by Gasteiger charge is 2.49. The van der Waals surface area contributed by atoms with E-state index in [0.29, 0.717) is 11.9 Å². The predicted octanol–water partition coefficient (Wildman–Crippen LogP) is 1.78. The number of guanidine groups is 1. The largest absolute Gasteiger partial charge is 0.353 e. The number of nitrogens with zero attached hydrogens (tertiary/aromatic N) is 5. The summed E-state index contributed by atoms with van der Waals surface area (Å²) in [4.78, 5) is 26.5. The van der Waals surface area contributed by atoms with Crippen LogP contribution in [-0.4, -0.2) is 53.5 Å². The van der Waals surface area contributed by atoms with Crippen LogP contribution in [0.2, 0.25) is 0 Å². The summed E-state index contributed by atoms with van der Waals surface area (Å²) in [7, 11) is 0. The minimum Gasteiger partial charge on any atom is -0.353 e. The Labute approximate surface area is 160 Å². The molecule has 0 bridgehead atoms. The fraction of sp³-hybridized carbons (Fsp3) is 0.600. The van der Waals surface area contributed by atoms with E-state index in [2.05, 4.69) is 33.1 Å². The summed E-state index contributed by atoms with van der Waals surface area (Å²) < 4.78 is 0. The maximum Gasteiger partial charge on any atom is 0.246 e. The molecule has 1 amide bonds. The molecule has 3 heterocycles. The topological polar surface area (TPSA) is 84.6 Å². The molecule has 1 saturated carbocycles. The van der Waals surface area contributed by atoms with Gasteiger partial charge in [-0.1, -0.05) is 13.0 Å². The molecule has 1 aliphatic carbocycles. The van der Waals surface area contributed by atoms with Gasteiger partial charge in [-0.2, -0.15) is 5.26 Å². The molecule has 4 rings (SSSR count). The van der Waals surface area contributed by atoms with Gasteiger partial charge in [0.25, 0.3) is 0 Å². The van der Waals surface area contributed by atoms with Crippen molar-refractivity contribution < 1.29 is 4.79 Å². The Bertz CT molecular complexity index is 754. The Hall–Kier alpha value is -2.62. The van der Waals surface area contributed by atoms with E-state index in [-0.39, 0.29) is 5.91 Å². The summed E-state index contributed by atoms with van der Waals surface area (Å²) >= 11 is 0. The van der Waals surface area contributed by atoms with E-state index in [0.717, 1.165) is 57.7 Å². The summed E-state index contributed by atoms with van der Waals surface area (Å²) in [5.41, 5.74) is -0.545. The molecule has 142 valence electrons. The quantitative estimate of drug-likeness (QED) is 0.819. The fourth-order valence-electron chi connectivity index (χ4n) is 4.41. The number of aliphatic imine (C=N–C) groups is 1. The zero-order valence-electron chi connectivity index (χ0n) is 15.8. The molecular formula is C20H26N6O. The fourth-order valence-corrected chi connectivity index (χ4v) is 4.41. The number of hydrogen-bond acceptors (Lipinski definition) is 6. The molecule has 1 saturated heterocycles. The minimum atomic E-state index is -0.677. The lowest BCUT2D eigenvalue weighted by Crippen LogP contribution is -2.61. The van der Waals surface area contributed by atoms with Crippen LogP contribution < -0.4 is 10.2 Å². The lowest BCUT2D eigenvalue weighted by atomic mass is 9.70. The van der Waals surface area contributed by atoms with Gasteiger partial charge >= 0.3 is 0 Å². The van der Waals surface area contributed by atoms with E-state index in [1.165, 1.54) is 0 Å². The summed E-state index contributed by atoms with van der Waals surface area (Å²) in [6.07, 6.45) is 5.49. The molecule has 1 aromatic rings. The van der Waals surface area contributed by atoms with Crippen LogP contribution in [0.4, 0.5) is 5.82 Å². The third kappa shape index (κ3) is 3.36. The second-order valence-corrected chi connectivity index (χ2v) is 7.93. The van der Waals surface area contributed by atoms with Gasteiger partial charge in [-0.15, -0.1) is 0 Å². The smallest absolute Gasteiger partial charge is 0.246 e. The first kappa shape index (κ1) is 17.8. The number of nitriles is 1. The zero-order chi connectivity index (χ0) is 18.9. The van der Waals surface area contributed by atoms with Crippen LogP contribution >= 0.6 is 0 Å². The number of aromatic nitrogens is 1. The van der Waals surface area contributed by atoms with Crippen LogP contribution in [-0.2, 0) is 4.79 Å². The van der Waals surface area contributed by atoms with E-state index < -0.39 is 11.5 Å². The number of amides is 1. The number of hydrogen-bond donors (Lipinski definition) is 1. The van der Waals surface area contributed by atoms with Crippen molar-refractivity contribution >= 4 is 17.7 Å². The molecule has 1 aromatic heterocycles. The first-order valence-corrected chi connectivity index (χ1v) is 9.82. The molecule has 1 atom stereocenters. The molecule has 7 heteroatoms. The van der Waals surface area contributed by atoms with E-state index in [4.69, 9.17) is 4.99 Å². The van der Waals surface area contributed by atoms with Gasteiger partial charge in [0.2, 0.25) is 11.9 Å². The summed E-state index contributed by atoms with van der Waals surface area (Å²) in [5, 5.41) is 12.5. The first-order chi connectivity index (χ1) is 13.1.